The van der Waals surface area contributed by atoms with Crippen molar-refractivity contribution < 1.29 is 4.79 Å². The molecule has 1 amide bonds. The Morgan fingerprint density at radius 2 is 1.90 bits per heavy atom. The number of piperidine rings is 1. The maximum Gasteiger partial charge on any atom is 0.233 e. The molecule has 3 aromatic rings. The van der Waals surface area contributed by atoms with E-state index in [0.29, 0.717) is 23.2 Å². The third-order valence-corrected chi connectivity index (χ3v) is 6.54. The number of carbonyl (C=O) groups excluding carboxylic acids is 1. The lowest BCUT2D eigenvalue weighted by atomic mass is 10.0. The van der Waals surface area contributed by atoms with Crippen LogP contribution in [0, 0.1) is 5.92 Å². The minimum Gasteiger partial charge on any atom is -0.342 e. The third-order valence-electron chi connectivity index (χ3n) is 5.34. The summed E-state index contributed by atoms with van der Waals surface area (Å²) in [5.41, 5.74) is 2.11. The number of thioether (sulfide) groups is 1. The van der Waals surface area contributed by atoms with E-state index in [1.807, 2.05) is 47.4 Å². The highest BCUT2D eigenvalue weighted by Crippen LogP contribution is 2.27. The first-order valence-corrected chi connectivity index (χ1v) is 11.6. The topological polar surface area (TPSA) is 51.0 Å². The lowest BCUT2D eigenvalue weighted by Gasteiger charge is -2.30. The highest BCUT2D eigenvalue weighted by atomic mass is 35.5. The van der Waals surface area contributed by atoms with E-state index in [4.69, 9.17) is 11.6 Å². The summed E-state index contributed by atoms with van der Waals surface area (Å²) >= 11 is 7.51. The summed E-state index contributed by atoms with van der Waals surface area (Å²) in [7, 11) is 0. The van der Waals surface area contributed by atoms with Gasteiger partial charge in [-0.2, -0.15) is 0 Å². The van der Waals surface area contributed by atoms with E-state index in [0.717, 1.165) is 41.6 Å². The van der Waals surface area contributed by atoms with Crippen LogP contribution in [-0.4, -0.2) is 44.4 Å². The van der Waals surface area contributed by atoms with E-state index in [-0.39, 0.29) is 5.91 Å². The zero-order chi connectivity index (χ0) is 20.9. The first kappa shape index (κ1) is 20.9. The zero-order valence-electron chi connectivity index (χ0n) is 17.0. The van der Waals surface area contributed by atoms with E-state index in [1.165, 1.54) is 18.2 Å². The van der Waals surface area contributed by atoms with Gasteiger partial charge in [0, 0.05) is 23.7 Å². The van der Waals surface area contributed by atoms with Crippen molar-refractivity contribution in [1.82, 2.24) is 19.7 Å². The summed E-state index contributed by atoms with van der Waals surface area (Å²) in [4.78, 5) is 14.7. The summed E-state index contributed by atoms with van der Waals surface area (Å²) in [5, 5.41) is 10.3. The molecule has 0 N–H and O–H groups in total. The monoisotopic (exact) mass is 440 g/mol. The molecular formula is C23H25ClN4OS. The fraction of sp³-hybridized carbons (Fsp3) is 0.348. The molecule has 1 aliphatic rings. The molecule has 1 fully saturated rings. The largest absolute Gasteiger partial charge is 0.342 e. The SMILES string of the molecule is CC1CCCN(C(=O)CSc2nnc(-c3ccc(Cl)cc3)n2Cc2ccccc2)C1. The van der Waals surface area contributed by atoms with Crippen LogP contribution in [0.1, 0.15) is 25.3 Å². The number of amides is 1. The number of rotatable bonds is 6. The fourth-order valence-electron chi connectivity index (χ4n) is 3.75. The van der Waals surface area contributed by atoms with E-state index in [2.05, 4.69) is 33.8 Å². The van der Waals surface area contributed by atoms with Crippen molar-refractivity contribution in [2.24, 2.45) is 5.92 Å². The maximum absolute atomic E-state index is 12.7. The molecule has 2 heterocycles. The van der Waals surface area contributed by atoms with Crippen LogP contribution in [0.25, 0.3) is 11.4 Å². The van der Waals surface area contributed by atoms with Gasteiger partial charge in [-0.15, -0.1) is 10.2 Å². The molecule has 1 unspecified atom stereocenters. The summed E-state index contributed by atoms with van der Waals surface area (Å²) in [6, 6.07) is 17.8. The highest BCUT2D eigenvalue weighted by Gasteiger charge is 2.22. The molecule has 1 saturated heterocycles. The van der Waals surface area contributed by atoms with Crippen molar-refractivity contribution >= 4 is 29.3 Å². The molecule has 0 bridgehead atoms. The summed E-state index contributed by atoms with van der Waals surface area (Å²) in [5.74, 6) is 1.90. The molecule has 1 aromatic heterocycles. The number of carbonyl (C=O) groups is 1. The van der Waals surface area contributed by atoms with E-state index < -0.39 is 0 Å². The van der Waals surface area contributed by atoms with Crippen LogP contribution >= 0.6 is 23.4 Å². The lowest BCUT2D eigenvalue weighted by molar-refractivity contribution is -0.130. The van der Waals surface area contributed by atoms with Gasteiger partial charge in [-0.1, -0.05) is 60.6 Å². The molecule has 1 aliphatic heterocycles. The number of halogens is 1. The van der Waals surface area contributed by atoms with Crippen LogP contribution in [0.2, 0.25) is 5.02 Å². The Bertz CT molecular complexity index is 990. The minimum atomic E-state index is 0.175. The predicted molar refractivity (Wildman–Crippen MR) is 122 cm³/mol. The molecule has 0 spiro atoms. The van der Waals surface area contributed by atoms with Gasteiger partial charge >= 0.3 is 0 Å². The average molecular weight is 441 g/mol. The van der Waals surface area contributed by atoms with Crippen LogP contribution in [0.3, 0.4) is 0 Å². The Morgan fingerprint density at radius 1 is 1.13 bits per heavy atom. The molecule has 4 rings (SSSR count). The van der Waals surface area contributed by atoms with Gasteiger partial charge in [0.1, 0.15) is 0 Å². The van der Waals surface area contributed by atoms with Gasteiger partial charge in [0.2, 0.25) is 5.91 Å². The second-order valence-corrected chi connectivity index (χ2v) is 9.14. The van der Waals surface area contributed by atoms with Gasteiger partial charge in [0.15, 0.2) is 11.0 Å². The standard InChI is InChI=1S/C23H25ClN4OS/c1-17-6-5-13-27(14-17)21(29)16-30-23-26-25-22(19-9-11-20(24)12-10-19)28(23)15-18-7-3-2-4-8-18/h2-4,7-12,17H,5-6,13-16H2,1H3. The Labute approximate surface area is 186 Å². The Balaban J connectivity index is 1.56. The molecule has 30 heavy (non-hydrogen) atoms. The Morgan fingerprint density at radius 3 is 2.63 bits per heavy atom. The number of nitrogens with zero attached hydrogens (tertiary/aromatic N) is 4. The lowest BCUT2D eigenvalue weighted by Crippen LogP contribution is -2.40. The number of aromatic nitrogens is 3. The van der Waals surface area contributed by atoms with Gasteiger partial charge in [-0.3, -0.25) is 9.36 Å². The molecular weight excluding hydrogens is 416 g/mol. The van der Waals surface area contributed by atoms with Crippen molar-refractivity contribution in [3.8, 4) is 11.4 Å². The zero-order valence-corrected chi connectivity index (χ0v) is 18.6. The maximum atomic E-state index is 12.7. The molecule has 0 aliphatic carbocycles. The molecule has 156 valence electrons. The van der Waals surface area contributed by atoms with Crippen LogP contribution in [-0.2, 0) is 11.3 Å². The van der Waals surface area contributed by atoms with Gasteiger partial charge < -0.3 is 4.90 Å². The van der Waals surface area contributed by atoms with Crippen molar-refractivity contribution in [2.45, 2.75) is 31.5 Å². The van der Waals surface area contributed by atoms with E-state index >= 15 is 0 Å². The first-order valence-electron chi connectivity index (χ1n) is 10.2. The normalized spacial score (nSPS) is 16.6. The summed E-state index contributed by atoms with van der Waals surface area (Å²) in [6.45, 7) is 4.56. The van der Waals surface area contributed by atoms with Gasteiger partial charge in [0.05, 0.1) is 12.3 Å². The smallest absolute Gasteiger partial charge is 0.233 e. The average Bonchev–Trinajstić information content (AvgIpc) is 3.15. The van der Waals surface area contributed by atoms with E-state index in [1.54, 1.807) is 0 Å². The summed E-state index contributed by atoms with van der Waals surface area (Å²) < 4.78 is 2.08. The van der Waals surface area contributed by atoms with Gasteiger partial charge in [0.25, 0.3) is 0 Å². The first-order chi connectivity index (χ1) is 14.6. The second kappa shape index (κ2) is 9.67. The minimum absolute atomic E-state index is 0.175. The fourth-order valence-corrected chi connectivity index (χ4v) is 4.72. The number of hydrogen-bond donors (Lipinski definition) is 0. The Kier molecular flexibility index (Phi) is 6.75. The number of hydrogen-bond acceptors (Lipinski definition) is 4. The number of benzene rings is 2. The molecule has 5 nitrogen and oxygen atoms in total. The van der Waals surface area contributed by atoms with Crippen LogP contribution in [0.4, 0.5) is 0 Å². The van der Waals surface area contributed by atoms with Crippen LogP contribution in [0.15, 0.2) is 59.8 Å². The van der Waals surface area contributed by atoms with Gasteiger partial charge in [-0.05, 0) is 48.6 Å². The quantitative estimate of drug-likeness (QED) is 0.506. The molecule has 7 heteroatoms. The molecule has 0 saturated carbocycles. The highest BCUT2D eigenvalue weighted by molar-refractivity contribution is 7.99. The van der Waals surface area contributed by atoms with Crippen molar-refractivity contribution in [3.05, 3.63) is 65.2 Å². The predicted octanol–water partition coefficient (Wildman–Crippen LogP) is 5.00. The summed E-state index contributed by atoms with van der Waals surface area (Å²) in [6.07, 6.45) is 2.29. The second-order valence-electron chi connectivity index (χ2n) is 7.76. The Hall–Kier alpha value is -2.31. The van der Waals surface area contributed by atoms with Crippen molar-refractivity contribution in [2.75, 3.05) is 18.8 Å². The van der Waals surface area contributed by atoms with E-state index in [9.17, 15) is 4.79 Å². The molecule has 1 atom stereocenters. The van der Waals surface area contributed by atoms with Gasteiger partial charge in [-0.25, -0.2) is 0 Å². The molecule has 2 aromatic carbocycles. The van der Waals surface area contributed by atoms with Crippen molar-refractivity contribution in [1.29, 1.82) is 0 Å². The van der Waals surface area contributed by atoms with Crippen molar-refractivity contribution in [3.63, 3.8) is 0 Å². The number of likely N-dealkylation sites (tertiary alicyclic amines) is 1. The third kappa shape index (κ3) is 5.05. The molecule has 0 radical (unpaired) electrons. The van der Waals surface area contributed by atoms with Crippen LogP contribution < -0.4 is 0 Å². The van der Waals surface area contributed by atoms with Crippen LogP contribution in [0.5, 0.6) is 0 Å².